The van der Waals surface area contributed by atoms with Crippen LogP contribution in [-0.2, 0) is 19.6 Å². The molecule has 4 rings (SSSR count). The van der Waals surface area contributed by atoms with Gasteiger partial charge in [-0.1, -0.05) is 17.3 Å². The molecule has 3 aromatic heterocycles. The predicted octanol–water partition coefficient (Wildman–Crippen LogP) is 4.13. The third kappa shape index (κ3) is 4.09. The Labute approximate surface area is 156 Å². The van der Waals surface area contributed by atoms with Gasteiger partial charge in [0.05, 0.1) is 44.8 Å². The highest BCUT2D eigenvalue weighted by atomic mass is 16.5. The molecule has 4 aromatic rings. The van der Waals surface area contributed by atoms with Gasteiger partial charge in [0.2, 0.25) is 11.7 Å². The molecule has 0 saturated heterocycles. The average Bonchev–Trinajstić information content (AvgIpc) is 3.45. The number of benzene rings is 1. The first-order valence-electron chi connectivity index (χ1n) is 8.55. The molecule has 3 heterocycles. The molecular formula is C20H19N3O4. The first-order chi connectivity index (χ1) is 13.3. The molecule has 0 N–H and O–H groups in total. The molecule has 0 unspecified atom stereocenters. The highest BCUT2D eigenvalue weighted by molar-refractivity contribution is 5.63. The van der Waals surface area contributed by atoms with E-state index in [-0.39, 0.29) is 0 Å². The summed E-state index contributed by atoms with van der Waals surface area (Å²) in [6, 6.07) is 15.2. The molecule has 0 aliphatic heterocycles. The van der Waals surface area contributed by atoms with Crippen molar-refractivity contribution in [2.24, 2.45) is 0 Å². The highest BCUT2D eigenvalue weighted by Gasteiger charge is 2.17. The van der Waals surface area contributed by atoms with Gasteiger partial charge < -0.3 is 18.1 Å². The van der Waals surface area contributed by atoms with Crippen molar-refractivity contribution in [3.63, 3.8) is 0 Å². The summed E-state index contributed by atoms with van der Waals surface area (Å²) >= 11 is 0. The second-order valence-electron chi connectivity index (χ2n) is 6.02. The Morgan fingerprint density at radius 3 is 2.22 bits per heavy atom. The van der Waals surface area contributed by atoms with Gasteiger partial charge in [0.25, 0.3) is 0 Å². The van der Waals surface area contributed by atoms with E-state index in [0.717, 1.165) is 17.1 Å². The summed E-state index contributed by atoms with van der Waals surface area (Å²) in [4.78, 5) is 6.64. The summed E-state index contributed by atoms with van der Waals surface area (Å²) in [7, 11) is 1.62. The van der Waals surface area contributed by atoms with E-state index in [1.54, 1.807) is 19.6 Å². The lowest BCUT2D eigenvalue weighted by molar-refractivity contribution is 0.183. The van der Waals surface area contributed by atoms with E-state index in [4.69, 9.17) is 18.1 Å². The molecule has 0 aliphatic rings. The van der Waals surface area contributed by atoms with Crippen molar-refractivity contribution in [3.8, 4) is 17.1 Å². The summed E-state index contributed by atoms with van der Waals surface area (Å²) in [5, 5.41) is 4.10. The number of hydrogen-bond donors (Lipinski definition) is 0. The number of methoxy groups -OCH3 is 1. The van der Waals surface area contributed by atoms with Crippen LogP contribution in [0.2, 0.25) is 0 Å². The molecule has 0 atom stereocenters. The first-order valence-corrected chi connectivity index (χ1v) is 8.55. The Morgan fingerprint density at radius 2 is 1.59 bits per heavy atom. The van der Waals surface area contributed by atoms with Gasteiger partial charge in [0.1, 0.15) is 17.3 Å². The van der Waals surface area contributed by atoms with Crippen LogP contribution in [-0.4, -0.2) is 22.2 Å². The third-order valence-corrected chi connectivity index (χ3v) is 4.09. The van der Waals surface area contributed by atoms with E-state index in [9.17, 15) is 0 Å². The summed E-state index contributed by atoms with van der Waals surface area (Å²) in [6.45, 7) is 1.66. The fourth-order valence-corrected chi connectivity index (χ4v) is 2.86. The van der Waals surface area contributed by atoms with Gasteiger partial charge in [0, 0.05) is 0 Å². The Kier molecular flexibility index (Phi) is 5.02. The van der Waals surface area contributed by atoms with E-state index in [1.165, 1.54) is 0 Å². The normalized spacial score (nSPS) is 11.2. The van der Waals surface area contributed by atoms with Crippen LogP contribution >= 0.6 is 0 Å². The molecule has 0 bridgehead atoms. The molecule has 27 heavy (non-hydrogen) atoms. The van der Waals surface area contributed by atoms with Crippen LogP contribution in [0.4, 0.5) is 0 Å². The number of nitrogens with zero attached hydrogens (tertiary/aromatic N) is 3. The Morgan fingerprint density at radius 1 is 0.889 bits per heavy atom. The molecule has 138 valence electrons. The van der Waals surface area contributed by atoms with E-state index >= 15 is 0 Å². The fourth-order valence-electron chi connectivity index (χ4n) is 2.86. The van der Waals surface area contributed by atoms with E-state index in [1.807, 2.05) is 48.5 Å². The number of hydrogen-bond acceptors (Lipinski definition) is 7. The van der Waals surface area contributed by atoms with Gasteiger partial charge in [-0.05, 0) is 36.4 Å². The van der Waals surface area contributed by atoms with Gasteiger partial charge in [0.15, 0.2) is 0 Å². The van der Waals surface area contributed by atoms with Crippen LogP contribution in [0.3, 0.4) is 0 Å². The predicted molar refractivity (Wildman–Crippen MR) is 96.7 cm³/mol. The Bertz CT molecular complexity index is 925. The van der Waals surface area contributed by atoms with Gasteiger partial charge in [-0.2, -0.15) is 4.98 Å². The molecule has 0 fully saturated rings. The lowest BCUT2D eigenvalue weighted by Gasteiger charge is -2.17. The highest BCUT2D eigenvalue weighted by Crippen LogP contribution is 2.27. The summed E-state index contributed by atoms with van der Waals surface area (Å²) in [5.74, 6) is 3.41. The first kappa shape index (κ1) is 17.1. The number of aromatic nitrogens is 2. The minimum absolute atomic E-state index is 0.462. The number of furan rings is 2. The van der Waals surface area contributed by atoms with Crippen LogP contribution in [0.15, 0.2) is 74.4 Å². The molecule has 7 nitrogen and oxygen atoms in total. The second-order valence-corrected chi connectivity index (χ2v) is 6.02. The van der Waals surface area contributed by atoms with Crippen molar-refractivity contribution in [1.29, 1.82) is 0 Å². The molecule has 0 saturated carbocycles. The molecule has 7 heteroatoms. The average molecular weight is 365 g/mol. The maximum absolute atomic E-state index is 5.47. The Hall–Kier alpha value is -3.32. The summed E-state index contributed by atoms with van der Waals surface area (Å²) in [6.07, 6.45) is 3.32. The number of para-hydroxylation sites is 1. The quantitative estimate of drug-likeness (QED) is 0.464. The van der Waals surface area contributed by atoms with Crippen molar-refractivity contribution >= 4 is 0 Å². The molecule has 1 aromatic carbocycles. The zero-order valence-corrected chi connectivity index (χ0v) is 14.9. The van der Waals surface area contributed by atoms with Gasteiger partial charge in [-0.25, -0.2) is 0 Å². The largest absolute Gasteiger partial charge is 0.496 e. The maximum atomic E-state index is 5.47. The van der Waals surface area contributed by atoms with Gasteiger partial charge >= 0.3 is 0 Å². The van der Waals surface area contributed by atoms with Crippen molar-refractivity contribution < 1.29 is 18.1 Å². The van der Waals surface area contributed by atoms with Gasteiger partial charge in [-0.3, -0.25) is 4.90 Å². The minimum Gasteiger partial charge on any atom is -0.496 e. The zero-order valence-electron chi connectivity index (χ0n) is 14.9. The van der Waals surface area contributed by atoms with Crippen LogP contribution in [0.5, 0.6) is 5.75 Å². The van der Waals surface area contributed by atoms with Crippen molar-refractivity contribution in [3.05, 3.63) is 78.5 Å². The second kappa shape index (κ2) is 7.92. The zero-order chi connectivity index (χ0) is 18.5. The van der Waals surface area contributed by atoms with Gasteiger partial charge in [-0.15, -0.1) is 0 Å². The molecule has 0 spiro atoms. The minimum atomic E-state index is 0.462. The third-order valence-electron chi connectivity index (χ3n) is 4.09. The summed E-state index contributed by atoms with van der Waals surface area (Å²) in [5.41, 5.74) is 0.790. The molecule has 0 amide bonds. The van der Waals surface area contributed by atoms with E-state index < -0.39 is 0 Å². The standard InChI is InChI=1S/C20H19N3O4/c1-24-18-9-3-2-8-17(18)20-21-19(27-22-20)14-23(12-15-6-4-10-25-15)13-16-7-5-11-26-16/h2-11H,12-14H2,1H3. The van der Waals surface area contributed by atoms with Crippen LogP contribution < -0.4 is 4.74 Å². The van der Waals surface area contributed by atoms with Crippen molar-refractivity contribution in [1.82, 2.24) is 15.0 Å². The topological polar surface area (TPSA) is 77.7 Å². The SMILES string of the molecule is COc1ccccc1-c1noc(CN(Cc2ccco2)Cc2ccco2)n1. The molecule has 0 aliphatic carbocycles. The van der Waals surface area contributed by atoms with Crippen molar-refractivity contribution in [2.45, 2.75) is 19.6 Å². The lowest BCUT2D eigenvalue weighted by Crippen LogP contribution is -2.22. The molecular weight excluding hydrogens is 346 g/mol. The van der Waals surface area contributed by atoms with Crippen LogP contribution in [0, 0.1) is 0 Å². The maximum Gasteiger partial charge on any atom is 0.241 e. The van der Waals surface area contributed by atoms with Crippen LogP contribution in [0.1, 0.15) is 17.4 Å². The summed E-state index contributed by atoms with van der Waals surface area (Å²) < 4.78 is 21.8. The van der Waals surface area contributed by atoms with Crippen molar-refractivity contribution in [2.75, 3.05) is 7.11 Å². The number of ether oxygens (including phenoxy) is 1. The monoisotopic (exact) mass is 365 g/mol. The Balaban J connectivity index is 1.53. The van der Waals surface area contributed by atoms with Crippen LogP contribution in [0.25, 0.3) is 11.4 Å². The molecule has 0 radical (unpaired) electrons. The number of rotatable bonds is 8. The lowest BCUT2D eigenvalue weighted by atomic mass is 10.2. The van der Waals surface area contributed by atoms with E-state index in [2.05, 4.69) is 15.0 Å². The van der Waals surface area contributed by atoms with E-state index in [0.29, 0.717) is 37.1 Å². The smallest absolute Gasteiger partial charge is 0.241 e. The fraction of sp³-hybridized carbons (Fsp3) is 0.200.